The van der Waals surface area contributed by atoms with E-state index in [0.717, 1.165) is 10.5 Å². The minimum atomic E-state index is -1.03. The largest absolute Gasteiger partial charge is 0.254 e. The third-order valence-corrected chi connectivity index (χ3v) is 3.81. The van der Waals surface area contributed by atoms with Gasteiger partial charge in [0.2, 0.25) is 0 Å². The van der Waals surface area contributed by atoms with Crippen LogP contribution in [0, 0.1) is 0 Å². The molecule has 82 valence electrons. The van der Waals surface area contributed by atoms with Gasteiger partial charge in [-0.1, -0.05) is 48.0 Å². The Morgan fingerprint density at radius 2 is 1.75 bits per heavy atom. The lowest BCUT2D eigenvalue weighted by Gasteiger charge is -2.02. The summed E-state index contributed by atoms with van der Waals surface area (Å²) in [5, 5.41) is 0.624. The molecule has 0 saturated heterocycles. The van der Waals surface area contributed by atoms with Crippen LogP contribution in [-0.4, -0.2) is 4.21 Å². The minimum Gasteiger partial charge on any atom is -0.254 e. The smallest absolute Gasteiger partial charge is 0.0574 e. The van der Waals surface area contributed by atoms with Crippen molar-refractivity contribution in [1.82, 2.24) is 0 Å². The number of benzene rings is 2. The Morgan fingerprint density at radius 3 is 2.44 bits per heavy atom. The van der Waals surface area contributed by atoms with Crippen molar-refractivity contribution >= 4 is 22.4 Å². The zero-order valence-corrected chi connectivity index (χ0v) is 10.2. The van der Waals surface area contributed by atoms with Gasteiger partial charge in [0.1, 0.15) is 0 Å². The molecule has 0 saturated carbocycles. The second-order valence-corrected chi connectivity index (χ2v) is 5.32. The maximum absolute atomic E-state index is 12.0. The van der Waals surface area contributed by atoms with Gasteiger partial charge in [-0.05, 0) is 23.8 Å². The molecule has 0 aliphatic heterocycles. The number of halogens is 1. The molecule has 0 heterocycles. The second kappa shape index (κ2) is 5.28. The summed E-state index contributed by atoms with van der Waals surface area (Å²) in [5.41, 5.74) is 1.07. The fraction of sp³-hybridized carbons (Fsp3) is 0.0769. The summed E-state index contributed by atoms with van der Waals surface area (Å²) in [4.78, 5) is 0.774. The van der Waals surface area contributed by atoms with Crippen LogP contribution in [0.4, 0.5) is 0 Å². The quantitative estimate of drug-likeness (QED) is 0.813. The van der Waals surface area contributed by atoms with Gasteiger partial charge in [0.25, 0.3) is 0 Å². The summed E-state index contributed by atoms with van der Waals surface area (Å²) in [5.74, 6) is 0.529. The monoisotopic (exact) mass is 250 g/mol. The van der Waals surface area contributed by atoms with E-state index < -0.39 is 10.8 Å². The molecular weight excluding hydrogens is 240 g/mol. The molecule has 2 aromatic carbocycles. The first-order chi connectivity index (χ1) is 7.75. The van der Waals surface area contributed by atoms with Crippen molar-refractivity contribution in [3.63, 3.8) is 0 Å². The Morgan fingerprint density at radius 1 is 1.00 bits per heavy atom. The highest BCUT2D eigenvalue weighted by atomic mass is 35.5. The molecule has 0 fully saturated rings. The van der Waals surface area contributed by atoms with Gasteiger partial charge < -0.3 is 0 Å². The molecular formula is C13H11ClOS. The predicted octanol–water partition coefficient (Wildman–Crippen LogP) is 3.65. The van der Waals surface area contributed by atoms with Crippen LogP contribution in [0.3, 0.4) is 0 Å². The zero-order valence-electron chi connectivity index (χ0n) is 8.60. The highest BCUT2D eigenvalue weighted by Crippen LogP contribution is 2.16. The third-order valence-electron chi connectivity index (χ3n) is 2.20. The van der Waals surface area contributed by atoms with Gasteiger partial charge in [-0.25, -0.2) is 0 Å². The Labute approximate surface area is 103 Å². The van der Waals surface area contributed by atoms with Crippen molar-refractivity contribution < 1.29 is 4.21 Å². The number of hydrogen-bond donors (Lipinski definition) is 0. The Kier molecular flexibility index (Phi) is 3.75. The molecule has 0 amide bonds. The average Bonchev–Trinajstić information content (AvgIpc) is 2.30. The fourth-order valence-corrected chi connectivity index (χ4v) is 2.82. The average molecular weight is 251 g/mol. The van der Waals surface area contributed by atoms with E-state index in [2.05, 4.69) is 0 Å². The first-order valence-corrected chi connectivity index (χ1v) is 6.63. The molecule has 0 spiro atoms. The third kappa shape index (κ3) is 2.94. The van der Waals surface area contributed by atoms with E-state index in [-0.39, 0.29) is 0 Å². The molecule has 0 N–H and O–H groups in total. The first-order valence-electron chi connectivity index (χ1n) is 4.93. The molecule has 0 aliphatic rings. The fourth-order valence-electron chi connectivity index (χ4n) is 1.42. The highest BCUT2D eigenvalue weighted by molar-refractivity contribution is 7.84. The second-order valence-electron chi connectivity index (χ2n) is 3.43. The normalized spacial score (nSPS) is 12.3. The van der Waals surface area contributed by atoms with Gasteiger partial charge >= 0.3 is 0 Å². The van der Waals surface area contributed by atoms with Gasteiger partial charge in [0.05, 0.1) is 16.6 Å². The summed E-state index contributed by atoms with van der Waals surface area (Å²) in [6.07, 6.45) is 0. The van der Waals surface area contributed by atoms with E-state index in [0.29, 0.717) is 10.8 Å². The van der Waals surface area contributed by atoms with Crippen LogP contribution in [0.1, 0.15) is 5.56 Å². The number of hydrogen-bond acceptors (Lipinski definition) is 1. The van der Waals surface area contributed by atoms with Crippen molar-refractivity contribution in [2.75, 3.05) is 0 Å². The molecule has 1 nitrogen and oxygen atoms in total. The van der Waals surface area contributed by atoms with Crippen LogP contribution >= 0.6 is 11.6 Å². The lowest BCUT2D eigenvalue weighted by molar-refractivity contribution is 0.682. The maximum Gasteiger partial charge on any atom is 0.0574 e. The molecule has 0 aromatic heterocycles. The predicted molar refractivity (Wildman–Crippen MR) is 68.0 cm³/mol. The summed E-state index contributed by atoms with van der Waals surface area (Å²) in [6.45, 7) is 0. The SMILES string of the molecule is O=S(Cc1ccccc1)c1cccc(Cl)c1. The van der Waals surface area contributed by atoms with Crippen molar-refractivity contribution in [2.24, 2.45) is 0 Å². The molecule has 2 aromatic rings. The molecule has 16 heavy (non-hydrogen) atoms. The zero-order chi connectivity index (χ0) is 11.4. The van der Waals surface area contributed by atoms with Crippen molar-refractivity contribution in [3.05, 3.63) is 65.2 Å². The molecule has 3 heteroatoms. The van der Waals surface area contributed by atoms with Crippen LogP contribution < -0.4 is 0 Å². The maximum atomic E-state index is 12.0. The van der Waals surface area contributed by atoms with Crippen LogP contribution in [0.25, 0.3) is 0 Å². The Hall–Kier alpha value is -1.12. The Balaban J connectivity index is 2.15. The lowest BCUT2D eigenvalue weighted by atomic mass is 10.2. The molecule has 1 atom stereocenters. The van der Waals surface area contributed by atoms with E-state index in [9.17, 15) is 4.21 Å². The molecule has 0 bridgehead atoms. The standard InChI is InChI=1S/C13H11ClOS/c14-12-7-4-8-13(9-12)16(15)10-11-5-2-1-3-6-11/h1-9H,10H2. The van der Waals surface area contributed by atoms with E-state index in [4.69, 9.17) is 11.6 Å². The Bertz CT molecular complexity index is 496. The van der Waals surface area contributed by atoms with E-state index in [1.54, 1.807) is 12.1 Å². The van der Waals surface area contributed by atoms with Gasteiger partial charge in [0.15, 0.2) is 0 Å². The van der Waals surface area contributed by atoms with Crippen LogP contribution in [0.5, 0.6) is 0 Å². The van der Waals surface area contributed by atoms with Crippen molar-refractivity contribution in [2.45, 2.75) is 10.6 Å². The summed E-state index contributed by atoms with van der Waals surface area (Å²) < 4.78 is 12.0. The van der Waals surface area contributed by atoms with E-state index >= 15 is 0 Å². The summed E-state index contributed by atoms with van der Waals surface area (Å²) in [6, 6.07) is 17.0. The van der Waals surface area contributed by atoms with Crippen LogP contribution in [0.15, 0.2) is 59.5 Å². The summed E-state index contributed by atoms with van der Waals surface area (Å²) >= 11 is 5.86. The first kappa shape index (κ1) is 11.4. The molecule has 2 rings (SSSR count). The van der Waals surface area contributed by atoms with Gasteiger partial charge in [-0.2, -0.15) is 0 Å². The lowest BCUT2D eigenvalue weighted by Crippen LogP contribution is -1.95. The molecule has 1 unspecified atom stereocenters. The van der Waals surface area contributed by atoms with Gasteiger partial charge in [0, 0.05) is 9.92 Å². The van der Waals surface area contributed by atoms with E-state index in [1.165, 1.54) is 0 Å². The van der Waals surface area contributed by atoms with Crippen LogP contribution in [-0.2, 0) is 16.6 Å². The molecule has 0 radical (unpaired) electrons. The van der Waals surface area contributed by atoms with Gasteiger partial charge in [-0.15, -0.1) is 0 Å². The summed E-state index contributed by atoms with van der Waals surface area (Å²) in [7, 11) is -1.03. The van der Waals surface area contributed by atoms with Crippen molar-refractivity contribution in [1.29, 1.82) is 0 Å². The van der Waals surface area contributed by atoms with E-state index in [1.807, 2.05) is 42.5 Å². The number of rotatable bonds is 3. The highest BCUT2D eigenvalue weighted by Gasteiger charge is 2.04. The minimum absolute atomic E-state index is 0.529. The topological polar surface area (TPSA) is 17.1 Å². The van der Waals surface area contributed by atoms with Gasteiger partial charge in [-0.3, -0.25) is 4.21 Å². The molecule has 0 aliphatic carbocycles. The van der Waals surface area contributed by atoms with Crippen LogP contribution in [0.2, 0.25) is 5.02 Å². The van der Waals surface area contributed by atoms with Crippen molar-refractivity contribution in [3.8, 4) is 0 Å².